The SMILES string of the molecule is O=C(Nc1ccc(OCC(F)(F)F)nc1)c1n[nH]c2c1CNCC2. The number of alkyl halides is 3. The quantitative estimate of drug-likeness (QED) is 0.786. The molecule has 1 aliphatic rings. The molecule has 3 rings (SSSR count). The molecule has 0 atom stereocenters. The van der Waals surface area contributed by atoms with Crippen LogP contribution in [-0.4, -0.2) is 40.4 Å². The molecule has 0 aliphatic carbocycles. The van der Waals surface area contributed by atoms with Gasteiger partial charge in [0.25, 0.3) is 5.91 Å². The highest BCUT2D eigenvalue weighted by Gasteiger charge is 2.28. The van der Waals surface area contributed by atoms with Crippen molar-refractivity contribution in [3.05, 3.63) is 35.3 Å². The van der Waals surface area contributed by atoms with Gasteiger partial charge in [-0.15, -0.1) is 0 Å². The van der Waals surface area contributed by atoms with Gasteiger partial charge in [0.1, 0.15) is 0 Å². The zero-order valence-corrected chi connectivity index (χ0v) is 12.4. The molecule has 3 heterocycles. The number of carbonyl (C=O) groups is 1. The van der Waals surface area contributed by atoms with Crippen LogP contribution in [-0.2, 0) is 13.0 Å². The van der Waals surface area contributed by atoms with Crippen molar-refractivity contribution in [1.29, 1.82) is 0 Å². The number of aromatic nitrogens is 3. The molecule has 128 valence electrons. The lowest BCUT2D eigenvalue weighted by atomic mass is 10.1. The van der Waals surface area contributed by atoms with Crippen molar-refractivity contribution >= 4 is 11.6 Å². The van der Waals surface area contributed by atoms with Gasteiger partial charge in [0, 0.05) is 36.8 Å². The minimum Gasteiger partial charge on any atom is -0.468 e. The molecule has 1 aliphatic heterocycles. The first kappa shape index (κ1) is 16.2. The van der Waals surface area contributed by atoms with Crippen molar-refractivity contribution in [1.82, 2.24) is 20.5 Å². The first-order valence-electron chi connectivity index (χ1n) is 7.16. The van der Waals surface area contributed by atoms with Crippen LogP contribution in [0.1, 0.15) is 21.7 Å². The molecule has 24 heavy (non-hydrogen) atoms. The van der Waals surface area contributed by atoms with Crippen molar-refractivity contribution in [2.45, 2.75) is 19.1 Å². The normalized spacial score (nSPS) is 14.1. The Morgan fingerprint density at radius 3 is 2.92 bits per heavy atom. The summed E-state index contributed by atoms with van der Waals surface area (Å²) in [7, 11) is 0. The Hall–Kier alpha value is -2.62. The van der Waals surface area contributed by atoms with Crippen LogP contribution in [0.4, 0.5) is 18.9 Å². The Bertz CT molecular complexity index is 727. The Kier molecular flexibility index (Phi) is 4.38. The van der Waals surface area contributed by atoms with Crippen LogP contribution in [0.15, 0.2) is 18.3 Å². The van der Waals surface area contributed by atoms with E-state index in [9.17, 15) is 18.0 Å². The fourth-order valence-electron chi connectivity index (χ4n) is 2.30. The van der Waals surface area contributed by atoms with Crippen LogP contribution in [0.2, 0.25) is 0 Å². The van der Waals surface area contributed by atoms with Gasteiger partial charge in [-0.1, -0.05) is 0 Å². The van der Waals surface area contributed by atoms with Gasteiger partial charge in [-0.25, -0.2) is 4.98 Å². The summed E-state index contributed by atoms with van der Waals surface area (Å²) in [5, 5.41) is 12.6. The summed E-state index contributed by atoms with van der Waals surface area (Å²) in [6, 6.07) is 2.66. The highest BCUT2D eigenvalue weighted by Crippen LogP contribution is 2.19. The van der Waals surface area contributed by atoms with Crippen LogP contribution < -0.4 is 15.4 Å². The molecule has 3 N–H and O–H groups in total. The molecule has 10 heteroatoms. The standard InChI is InChI=1S/C14H14F3N5O2/c15-14(16,17)7-24-11-2-1-8(5-19-11)20-13(23)12-9-6-18-4-3-10(9)21-22-12/h1-2,5,18H,3-4,6-7H2,(H,20,23)(H,21,22). The third-order valence-electron chi connectivity index (χ3n) is 3.40. The topological polar surface area (TPSA) is 91.9 Å². The number of hydrogen-bond donors (Lipinski definition) is 3. The third kappa shape index (κ3) is 3.82. The third-order valence-corrected chi connectivity index (χ3v) is 3.40. The Morgan fingerprint density at radius 2 is 2.21 bits per heavy atom. The van der Waals surface area contributed by atoms with E-state index < -0.39 is 18.7 Å². The molecule has 2 aromatic rings. The molecule has 1 amide bonds. The number of rotatable bonds is 4. The first-order chi connectivity index (χ1) is 11.4. The lowest BCUT2D eigenvalue weighted by molar-refractivity contribution is -0.154. The zero-order valence-electron chi connectivity index (χ0n) is 12.4. The van der Waals surface area contributed by atoms with Crippen molar-refractivity contribution in [3.8, 4) is 5.88 Å². The van der Waals surface area contributed by atoms with E-state index in [1.165, 1.54) is 18.3 Å². The number of fused-ring (bicyclic) bond motifs is 1. The van der Waals surface area contributed by atoms with Crippen LogP contribution >= 0.6 is 0 Å². The van der Waals surface area contributed by atoms with E-state index in [1.807, 2.05) is 0 Å². The molecule has 0 saturated heterocycles. The maximum atomic E-state index is 12.3. The summed E-state index contributed by atoms with van der Waals surface area (Å²) in [5.41, 5.74) is 2.36. The number of nitrogens with one attached hydrogen (secondary N) is 3. The predicted octanol–water partition coefficient (Wildman–Crippen LogP) is 1.64. The minimum absolute atomic E-state index is 0.174. The van der Waals surface area contributed by atoms with Gasteiger partial charge in [0.2, 0.25) is 5.88 Å². The predicted molar refractivity (Wildman–Crippen MR) is 77.7 cm³/mol. The second-order valence-electron chi connectivity index (χ2n) is 5.20. The number of pyridine rings is 1. The fourth-order valence-corrected chi connectivity index (χ4v) is 2.30. The Morgan fingerprint density at radius 1 is 1.38 bits per heavy atom. The number of amides is 1. The maximum Gasteiger partial charge on any atom is 0.422 e. The van der Waals surface area contributed by atoms with Crippen LogP contribution in [0.25, 0.3) is 0 Å². The van der Waals surface area contributed by atoms with E-state index in [0.717, 1.165) is 24.2 Å². The second-order valence-corrected chi connectivity index (χ2v) is 5.20. The number of H-pyrrole nitrogens is 1. The molecule has 0 radical (unpaired) electrons. The molecule has 0 bridgehead atoms. The van der Waals surface area contributed by atoms with Gasteiger partial charge in [-0.2, -0.15) is 18.3 Å². The molecule has 0 saturated carbocycles. The van der Waals surface area contributed by atoms with Crippen molar-refractivity contribution in [2.75, 3.05) is 18.5 Å². The van der Waals surface area contributed by atoms with Crippen LogP contribution in [0.3, 0.4) is 0 Å². The number of nitrogens with zero attached hydrogens (tertiary/aromatic N) is 2. The van der Waals surface area contributed by atoms with Crippen molar-refractivity contribution in [3.63, 3.8) is 0 Å². The lowest BCUT2D eigenvalue weighted by Crippen LogP contribution is -2.25. The van der Waals surface area contributed by atoms with Gasteiger partial charge >= 0.3 is 6.18 Å². The second kappa shape index (κ2) is 6.48. The van der Waals surface area contributed by atoms with Crippen LogP contribution in [0, 0.1) is 0 Å². The number of carbonyl (C=O) groups excluding carboxylic acids is 1. The van der Waals surface area contributed by atoms with E-state index in [4.69, 9.17) is 0 Å². The summed E-state index contributed by atoms with van der Waals surface area (Å²) in [4.78, 5) is 16.0. The average Bonchev–Trinajstić information content (AvgIpc) is 2.97. The number of halogens is 3. The van der Waals surface area contributed by atoms with Gasteiger partial charge in [-0.05, 0) is 6.07 Å². The largest absolute Gasteiger partial charge is 0.468 e. The molecule has 7 nitrogen and oxygen atoms in total. The van der Waals surface area contributed by atoms with E-state index >= 15 is 0 Å². The molecule has 0 fully saturated rings. The number of ether oxygens (including phenoxy) is 1. The van der Waals surface area contributed by atoms with E-state index in [0.29, 0.717) is 12.2 Å². The molecular formula is C14H14F3N5O2. The van der Waals surface area contributed by atoms with Gasteiger partial charge in [-0.3, -0.25) is 9.89 Å². The summed E-state index contributed by atoms with van der Waals surface area (Å²) >= 11 is 0. The van der Waals surface area contributed by atoms with Gasteiger partial charge in [0.15, 0.2) is 12.3 Å². The van der Waals surface area contributed by atoms with E-state index in [1.54, 1.807) is 0 Å². The molecule has 0 spiro atoms. The van der Waals surface area contributed by atoms with Crippen molar-refractivity contribution in [2.24, 2.45) is 0 Å². The molecular weight excluding hydrogens is 327 g/mol. The minimum atomic E-state index is -4.43. The smallest absolute Gasteiger partial charge is 0.422 e. The highest BCUT2D eigenvalue weighted by molar-refractivity contribution is 6.04. The Balaban J connectivity index is 1.63. The number of aromatic amines is 1. The maximum absolute atomic E-state index is 12.3. The van der Waals surface area contributed by atoms with Gasteiger partial charge in [0.05, 0.1) is 11.9 Å². The van der Waals surface area contributed by atoms with Gasteiger partial charge < -0.3 is 15.4 Å². The molecule has 0 aromatic carbocycles. The molecule has 0 unspecified atom stereocenters. The van der Waals surface area contributed by atoms with E-state index in [-0.39, 0.29) is 11.6 Å². The molecule has 2 aromatic heterocycles. The summed E-state index contributed by atoms with van der Waals surface area (Å²) < 4.78 is 40.7. The number of hydrogen-bond acceptors (Lipinski definition) is 5. The zero-order chi connectivity index (χ0) is 17.2. The summed E-state index contributed by atoms with van der Waals surface area (Å²) in [5.74, 6) is -0.589. The monoisotopic (exact) mass is 341 g/mol. The lowest BCUT2D eigenvalue weighted by Gasteiger charge is -2.13. The summed E-state index contributed by atoms with van der Waals surface area (Å²) in [6.45, 7) is -0.0469. The number of anilines is 1. The summed E-state index contributed by atoms with van der Waals surface area (Å²) in [6.07, 6.45) is -2.44. The Labute approximate surface area is 134 Å². The van der Waals surface area contributed by atoms with E-state index in [2.05, 4.69) is 30.6 Å². The highest BCUT2D eigenvalue weighted by atomic mass is 19.4. The van der Waals surface area contributed by atoms with Crippen molar-refractivity contribution < 1.29 is 22.7 Å². The average molecular weight is 341 g/mol. The van der Waals surface area contributed by atoms with Crippen LogP contribution in [0.5, 0.6) is 5.88 Å². The fraction of sp³-hybridized carbons (Fsp3) is 0.357. The first-order valence-corrected chi connectivity index (χ1v) is 7.16.